The zero-order valence-corrected chi connectivity index (χ0v) is 13.3. The molecule has 9 nitrogen and oxygen atoms in total. The lowest BCUT2D eigenvalue weighted by atomic mass is 10.2. The van der Waals surface area contributed by atoms with E-state index < -0.39 is 0 Å². The summed E-state index contributed by atoms with van der Waals surface area (Å²) < 4.78 is 9.14. The summed E-state index contributed by atoms with van der Waals surface area (Å²) in [4.78, 5) is 18.2. The van der Waals surface area contributed by atoms with Crippen molar-refractivity contribution in [3.8, 4) is 0 Å². The Morgan fingerprint density at radius 3 is 3.09 bits per heavy atom. The largest absolute Gasteiger partial charge is 0.374 e. The zero-order valence-electron chi connectivity index (χ0n) is 13.3. The average molecular weight is 319 g/mol. The maximum Gasteiger partial charge on any atom is 0.239 e. The molecule has 0 aliphatic carbocycles. The Labute approximate surface area is 134 Å². The summed E-state index contributed by atoms with van der Waals surface area (Å²) in [6.07, 6.45) is 3.18. The van der Waals surface area contributed by atoms with Gasteiger partial charge in [-0.2, -0.15) is 10.2 Å². The van der Waals surface area contributed by atoms with Crippen molar-refractivity contribution in [2.45, 2.75) is 19.6 Å². The quantitative estimate of drug-likeness (QED) is 0.811. The van der Waals surface area contributed by atoms with E-state index in [9.17, 15) is 4.79 Å². The van der Waals surface area contributed by atoms with Crippen LogP contribution in [0.3, 0.4) is 0 Å². The molecule has 9 heteroatoms. The molecule has 1 fully saturated rings. The number of ether oxygens (including phenoxy) is 1. The lowest BCUT2D eigenvalue weighted by molar-refractivity contribution is -0.119. The summed E-state index contributed by atoms with van der Waals surface area (Å²) in [5.74, 6) is 0.661. The van der Waals surface area contributed by atoms with Gasteiger partial charge in [0.05, 0.1) is 31.5 Å². The number of aryl methyl sites for hydroxylation is 2. The van der Waals surface area contributed by atoms with Gasteiger partial charge in [0.15, 0.2) is 0 Å². The smallest absolute Gasteiger partial charge is 0.239 e. The first-order valence-electron chi connectivity index (χ1n) is 7.57. The fourth-order valence-electron chi connectivity index (χ4n) is 2.68. The summed E-state index contributed by atoms with van der Waals surface area (Å²) in [7, 11) is 1.81. The number of anilines is 1. The van der Waals surface area contributed by atoms with Gasteiger partial charge in [-0.3, -0.25) is 19.1 Å². The Morgan fingerprint density at radius 1 is 1.52 bits per heavy atom. The molecule has 23 heavy (non-hydrogen) atoms. The standard InChI is InChI=1S/C14H21N7O2/c1-11-5-13(19(2)18-11)17-14(22)8-20-3-4-23-12(6-20)7-21-10-15-9-16-21/h5,9-10,12H,3-4,6-8H2,1-2H3,(H,17,22). The van der Waals surface area contributed by atoms with Crippen molar-refractivity contribution < 1.29 is 9.53 Å². The van der Waals surface area contributed by atoms with Gasteiger partial charge >= 0.3 is 0 Å². The second-order valence-corrected chi connectivity index (χ2v) is 5.69. The second kappa shape index (κ2) is 6.88. The molecule has 1 aliphatic heterocycles. The van der Waals surface area contributed by atoms with Gasteiger partial charge in [0, 0.05) is 26.2 Å². The van der Waals surface area contributed by atoms with Crippen molar-refractivity contribution >= 4 is 11.7 Å². The first-order valence-corrected chi connectivity index (χ1v) is 7.57. The van der Waals surface area contributed by atoms with Crippen molar-refractivity contribution in [2.24, 2.45) is 7.05 Å². The molecule has 1 unspecified atom stereocenters. The van der Waals surface area contributed by atoms with Crippen LogP contribution in [0.15, 0.2) is 18.7 Å². The van der Waals surface area contributed by atoms with Crippen molar-refractivity contribution in [1.29, 1.82) is 0 Å². The van der Waals surface area contributed by atoms with Crippen LogP contribution in [0.25, 0.3) is 0 Å². The molecule has 0 bridgehead atoms. The van der Waals surface area contributed by atoms with Crippen molar-refractivity contribution in [1.82, 2.24) is 29.4 Å². The third kappa shape index (κ3) is 4.14. The fourth-order valence-corrected chi connectivity index (χ4v) is 2.68. The maximum atomic E-state index is 12.2. The summed E-state index contributed by atoms with van der Waals surface area (Å²) >= 11 is 0. The van der Waals surface area contributed by atoms with Crippen LogP contribution in [0.5, 0.6) is 0 Å². The summed E-state index contributed by atoms with van der Waals surface area (Å²) in [5.41, 5.74) is 0.877. The highest BCUT2D eigenvalue weighted by molar-refractivity contribution is 5.91. The first-order chi connectivity index (χ1) is 11.1. The van der Waals surface area contributed by atoms with Crippen LogP contribution in [-0.2, 0) is 23.1 Å². The van der Waals surface area contributed by atoms with Crippen LogP contribution < -0.4 is 5.32 Å². The van der Waals surface area contributed by atoms with Gasteiger partial charge in [-0.1, -0.05) is 0 Å². The second-order valence-electron chi connectivity index (χ2n) is 5.69. The molecule has 0 radical (unpaired) electrons. The minimum atomic E-state index is -0.0468. The molecular weight excluding hydrogens is 298 g/mol. The third-order valence-electron chi connectivity index (χ3n) is 3.72. The normalized spacial score (nSPS) is 19.0. The van der Waals surface area contributed by atoms with Crippen LogP contribution in [0, 0.1) is 6.92 Å². The Morgan fingerprint density at radius 2 is 2.39 bits per heavy atom. The van der Waals surface area contributed by atoms with Gasteiger partial charge in [0.25, 0.3) is 0 Å². The summed E-state index contributed by atoms with van der Waals surface area (Å²) in [6.45, 7) is 4.91. The minimum Gasteiger partial charge on any atom is -0.374 e. The number of hydrogen-bond donors (Lipinski definition) is 1. The number of rotatable bonds is 5. The molecule has 1 aliphatic rings. The Balaban J connectivity index is 1.50. The SMILES string of the molecule is Cc1cc(NC(=O)CN2CCOC(Cn3cncn3)C2)n(C)n1. The fraction of sp³-hybridized carbons (Fsp3) is 0.571. The summed E-state index contributed by atoms with van der Waals surface area (Å²) in [5, 5.41) is 11.2. The average Bonchev–Trinajstić information content (AvgIpc) is 3.09. The number of carbonyl (C=O) groups excluding carboxylic acids is 1. The Hall–Kier alpha value is -2.26. The highest BCUT2D eigenvalue weighted by Gasteiger charge is 2.23. The monoisotopic (exact) mass is 319 g/mol. The van der Waals surface area contributed by atoms with Gasteiger partial charge in [-0.05, 0) is 6.92 Å². The highest BCUT2D eigenvalue weighted by Crippen LogP contribution is 2.10. The maximum absolute atomic E-state index is 12.2. The molecule has 0 saturated carbocycles. The van der Waals surface area contributed by atoms with Crippen LogP contribution in [0.4, 0.5) is 5.82 Å². The number of nitrogens with one attached hydrogen (secondary N) is 1. The van der Waals surface area contributed by atoms with Gasteiger partial charge in [-0.25, -0.2) is 4.98 Å². The van der Waals surface area contributed by atoms with Crippen LogP contribution in [0.2, 0.25) is 0 Å². The molecule has 0 spiro atoms. The number of nitrogens with zero attached hydrogens (tertiary/aromatic N) is 6. The van der Waals surface area contributed by atoms with E-state index in [1.165, 1.54) is 6.33 Å². The van der Waals surface area contributed by atoms with E-state index in [4.69, 9.17) is 4.74 Å². The van der Waals surface area contributed by atoms with E-state index in [-0.39, 0.29) is 12.0 Å². The number of hydrogen-bond acceptors (Lipinski definition) is 6. The van der Waals surface area contributed by atoms with E-state index in [1.807, 2.05) is 20.0 Å². The van der Waals surface area contributed by atoms with Crippen LogP contribution >= 0.6 is 0 Å². The first kappa shape index (κ1) is 15.6. The Bertz CT molecular complexity index is 652. The molecule has 124 valence electrons. The number of morpholine rings is 1. The van der Waals surface area contributed by atoms with E-state index in [0.29, 0.717) is 32.1 Å². The van der Waals surface area contributed by atoms with Crippen molar-refractivity contribution in [3.63, 3.8) is 0 Å². The molecule has 2 aromatic rings. The predicted octanol–water partition coefficient (Wildman–Crippen LogP) is -0.340. The molecule has 1 saturated heterocycles. The number of aromatic nitrogens is 5. The highest BCUT2D eigenvalue weighted by atomic mass is 16.5. The molecule has 1 N–H and O–H groups in total. The molecule has 2 aromatic heterocycles. The molecular formula is C14H21N7O2. The van der Waals surface area contributed by atoms with Crippen molar-refractivity contribution in [3.05, 3.63) is 24.4 Å². The molecule has 1 atom stereocenters. The van der Waals surface area contributed by atoms with E-state index >= 15 is 0 Å². The van der Waals surface area contributed by atoms with Gasteiger partial charge < -0.3 is 10.1 Å². The van der Waals surface area contributed by atoms with Gasteiger partial charge in [0.2, 0.25) is 5.91 Å². The predicted molar refractivity (Wildman–Crippen MR) is 82.8 cm³/mol. The van der Waals surface area contributed by atoms with Gasteiger partial charge in [-0.15, -0.1) is 0 Å². The molecule has 0 aromatic carbocycles. The van der Waals surface area contributed by atoms with Crippen LogP contribution in [-0.4, -0.2) is 67.7 Å². The minimum absolute atomic E-state index is 0.0113. The number of amides is 1. The van der Waals surface area contributed by atoms with Crippen molar-refractivity contribution in [2.75, 3.05) is 31.6 Å². The Kier molecular flexibility index (Phi) is 4.68. The van der Waals surface area contributed by atoms with E-state index in [2.05, 4.69) is 25.4 Å². The molecule has 3 heterocycles. The topological polar surface area (TPSA) is 90.1 Å². The molecule has 3 rings (SSSR count). The zero-order chi connectivity index (χ0) is 16.2. The van der Waals surface area contributed by atoms with Crippen LogP contribution in [0.1, 0.15) is 5.69 Å². The lowest BCUT2D eigenvalue weighted by Crippen LogP contribution is -2.47. The summed E-state index contributed by atoms with van der Waals surface area (Å²) in [6, 6.07) is 1.85. The molecule has 1 amide bonds. The lowest BCUT2D eigenvalue weighted by Gasteiger charge is -2.32. The third-order valence-corrected chi connectivity index (χ3v) is 3.72. The van der Waals surface area contributed by atoms with E-state index in [1.54, 1.807) is 15.7 Å². The van der Waals surface area contributed by atoms with E-state index in [0.717, 1.165) is 12.2 Å². The van der Waals surface area contributed by atoms with Gasteiger partial charge in [0.1, 0.15) is 18.5 Å². The number of carbonyl (C=O) groups is 1.